The molecular formula is C53H35N3. The maximum absolute atomic E-state index is 4.66. The molecule has 0 bridgehead atoms. The number of fused-ring (bicyclic) bond motifs is 6. The first-order chi connectivity index (χ1) is 27.8. The molecular weight excluding hydrogens is 679 g/mol. The zero-order valence-corrected chi connectivity index (χ0v) is 30.5. The smallest absolute Gasteiger partial charge is 0.0702 e. The van der Waals surface area contributed by atoms with Crippen molar-refractivity contribution in [2.24, 2.45) is 0 Å². The lowest BCUT2D eigenvalue weighted by Gasteiger charge is -2.15. The van der Waals surface area contributed by atoms with Crippen molar-refractivity contribution < 1.29 is 0 Å². The van der Waals surface area contributed by atoms with Crippen molar-refractivity contribution in [2.75, 3.05) is 0 Å². The van der Waals surface area contributed by atoms with E-state index in [1.54, 1.807) is 0 Å². The first-order valence-electron chi connectivity index (χ1n) is 19.1. The minimum Gasteiger partial charge on any atom is -0.309 e. The molecule has 3 aromatic heterocycles. The van der Waals surface area contributed by atoms with E-state index in [9.17, 15) is 0 Å². The van der Waals surface area contributed by atoms with Crippen molar-refractivity contribution in [1.29, 1.82) is 0 Å². The standard InChI is InChI=1S/C53H35N3/c1-5-25-50-45(20-1)46-21-2-6-26-51(46)55(50)43-18-12-15-37(34-43)41-31-40(36-14-11-17-39(30-36)49-24-9-10-29-54-49)32-42(33-41)38-16-13-19-44(35-38)56-52-27-7-3-22-47(52)48-23-4-8-28-53(48)56/h1-35H. The van der Waals surface area contributed by atoms with Gasteiger partial charge in [0, 0.05) is 44.7 Å². The van der Waals surface area contributed by atoms with Gasteiger partial charge in [-0.25, -0.2) is 0 Å². The molecule has 262 valence electrons. The molecule has 0 fully saturated rings. The highest BCUT2D eigenvalue weighted by Crippen LogP contribution is 2.38. The Balaban J connectivity index is 1.10. The van der Waals surface area contributed by atoms with Crippen LogP contribution in [0.3, 0.4) is 0 Å². The van der Waals surface area contributed by atoms with Crippen LogP contribution in [0, 0.1) is 0 Å². The number of nitrogens with zero attached hydrogens (tertiary/aromatic N) is 3. The molecule has 0 aliphatic carbocycles. The molecule has 0 N–H and O–H groups in total. The predicted molar refractivity (Wildman–Crippen MR) is 235 cm³/mol. The molecule has 0 atom stereocenters. The highest BCUT2D eigenvalue weighted by Gasteiger charge is 2.16. The van der Waals surface area contributed by atoms with Gasteiger partial charge in [-0.05, 0) is 118 Å². The summed E-state index contributed by atoms with van der Waals surface area (Å²) in [6.07, 6.45) is 1.86. The largest absolute Gasteiger partial charge is 0.309 e. The number of benzene rings is 8. The van der Waals surface area contributed by atoms with E-state index in [-0.39, 0.29) is 0 Å². The van der Waals surface area contributed by atoms with Gasteiger partial charge in [0.2, 0.25) is 0 Å². The third kappa shape index (κ3) is 5.32. The van der Waals surface area contributed by atoms with E-state index in [4.69, 9.17) is 0 Å². The van der Waals surface area contributed by atoms with Gasteiger partial charge in [-0.2, -0.15) is 0 Å². The van der Waals surface area contributed by atoms with Gasteiger partial charge in [0.1, 0.15) is 0 Å². The fourth-order valence-electron chi connectivity index (χ4n) is 8.57. The first kappa shape index (κ1) is 32.0. The highest BCUT2D eigenvalue weighted by atomic mass is 15.0. The maximum atomic E-state index is 4.66. The lowest BCUT2D eigenvalue weighted by molar-refractivity contribution is 1.18. The summed E-state index contributed by atoms with van der Waals surface area (Å²) in [4.78, 5) is 4.66. The molecule has 11 aromatic rings. The zero-order valence-electron chi connectivity index (χ0n) is 30.5. The monoisotopic (exact) mass is 713 g/mol. The summed E-state index contributed by atoms with van der Waals surface area (Å²) in [6.45, 7) is 0. The topological polar surface area (TPSA) is 22.8 Å². The van der Waals surface area contributed by atoms with Crippen LogP contribution in [0.25, 0.3) is 99.6 Å². The summed E-state index contributed by atoms with van der Waals surface area (Å²) in [6, 6.07) is 74.6. The highest BCUT2D eigenvalue weighted by molar-refractivity contribution is 6.10. The van der Waals surface area contributed by atoms with Crippen LogP contribution >= 0.6 is 0 Å². The Morgan fingerprint density at radius 3 is 1.05 bits per heavy atom. The van der Waals surface area contributed by atoms with Crippen LogP contribution in [0.15, 0.2) is 212 Å². The van der Waals surface area contributed by atoms with Gasteiger partial charge in [0.05, 0.1) is 27.8 Å². The number of aromatic nitrogens is 3. The molecule has 3 nitrogen and oxygen atoms in total. The summed E-state index contributed by atoms with van der Waals surface area (Å²) in [7, 11) is 0. The van der Waals surface area contributed by atoms with Crippen LogP contribution in [-0.4, -0.2) is 14.1 Å². The van der Waals surface area contributed by atoms with Gasteiger partial charge < -0.3 is 9.13 Å². The maximum Gasteiger partial charge on any atom is 0.0702 e. The quantitative estimate of drug-likeness (QED) is 0.168. The fraction of sp³-hybridized carbons (Fsp3) is 0. The molecule has 3 heterocycles. The van der Waals surface area contributed by atoms with Crippen LogP contribution in [0.4, 0.5) is 0 Å². The molecule has 0 amide bonds. The minimum atomic E-state index is 0.962. The van der Waals surface area contributed by atoms with E-state index in [2.05, 4.69) is 208 Å². The number of hydrogen-bond acceptors (Lipinski definition) is 1. The molecule has 8 aromatic carbocycles. The molecule has 56 heavy (non-hydrogen) atoms. The number of pyridine rings is 1. The number of rotatable bonds is 6. The predicted octanol–water partition coefficient (Wildman–Crippen LogP) is 13.9. The van der Waals surface area contributed by atoms with Crippen molar-refractivity contribution in [3.8, 4) is 56.0 Å². The third-order valence-corrected chi connectivity index (χ3v) is 11.1. The molecule has 11 rings (SSSR count). The van der Waals surface area contributed by atoms with E-state index >= 15 is 0 Å². The molecule has 0 saturated heterocycles. The van der Waals surface area contributed by atoms with E-state index in [0.29, 0.717) is 0 Å². The fourth-order valence-corrected chi connectivity index (χ4v) is 8.57. The van der Waals surface area contributed by atoms with Gasteiger partial charge >= 0.3 is 0 Å². The van der Waals surface area contributed by atoms with Crippen LogP contribution < -0.4 is 0 Å². The van der Waals surface area contributed by atoms with E-state index in [1.807, 2.05) is 18.3 Å². The van der Waals surface area contributed by atoms with Crippen LogP contribution in [-0.2, 0) is 0 Å². The second kappa shape index (κ2) is 13.1. The number of para-hydroxylation sites is 4. The summed E-state index contributed by atoms with van der Waals surface area (Å²) >= 11 is 0. The van der Waals surface area contributed by atoms with Gasteiger partial charge in [-0.15, -0.1) is 0 Å². The Morgan fingerprint density at radius 2 is 0.625 bits per heavy atom. The van der Waals surface area contributed by atoms with Gasteiger partial charge in [0.25, 0.3) is 0 Å². The molecule has 0 radical (unpaired) electrons. The molecule has 0 unspecified atom stereocenters. The van der Waals surface area contributed by atoms with Gasteiger partial charge in [-0.3, -0.25) is 4.98 Å². The van der Waals surface area contributed by atoms with Crippen molar-refractivity contribution >= 4 is 43.6 Å². The molecule has 0 spiro atoms. The van der Waals surface area contributed by atoms with Crippen LogP contribution in [0.2, 0.25) is 0 Å². The summed E-state index contributed by atoms with van der Waals surface area (Å²) in [5, 5.41) is 5.03. The molecule has 0 aliphatic rings. The van der Waals surface area contributed by atoms with E-state index in [1.165, 1.54) is 43.6 Å². The van der Waals surface area contributed by atoms with Crippen molar-refractivity contribution in [3.05, 3.63) is 212 Å². The normalized spacial score (nSPS) is 11.6. The first-order valence-corrected chi connectivity index (χ1v) is 19.1. The Kier molecular flexibility index (Phi) is 7.49. The second-order valence-corrected chi connectivity index (χ2v) is 14.4. The Bertz CT molecular complexity index is 2970. The lowest BCUT2D eigenvalue weighted by Crippen LogP contribution is -1.95. The zero-order chi connectivity index (χ0) is 37.0. The van der Waals surface area contributed by atoms with Crippen LogP contribution in [0.5, 0.6) is 0 Å². The molecule has 0 saturated carbocycles. The molecule has 0 aliphatic heterocycles. The van der Waals surface area contributed by atoms with Crippen molar-refractivity contribution in [2.45, 2.75) is 0 Å². The van der Waals surface area contributed by atoms with Gasteiger partial charge in [-0.1, -0.05) is 121 Å². The average Bonchev–Trinajstić information content (AvgIpc) is 3.80. The van der Waals surface area contributed by atoms with E-state index in [0.717, 1.165) is 56.0 Å². The summed E-state index contributed by atoms with van der Waals surface area (Å²) < 4.78 is 4.79. The van der Waals surface area contributed by atoms with Crippen LogP contribution in [0.1, 0.15) is 0 Å². The summed E-state index contributed by atoms with van der Waals surface area (Å²) in [5.41, 5.74) is 16.1. The lowest BCUT2D eigenvalue weighted by atomic mass is 9.92. The summed E-state index contributed by atoms with van der Waals surface area (Å²) in [5.74, 6) is 0. The van der Waals surface area contributed by atoms with Crippen molar-refractivity contribution in [3.63, 3.8) is 0 Å². The molecule has 3 heteroatoms. The Hall–Kier alpha value is -7.49. The second-order valence-electron chi connectivity index (χ2n) is 14.4. The van der Waals surface area contributed by atoms with Gasteiger partial charge in [0.15, 0.2) is 0 Å². The average molecular weight is 714 g/mol. The number of hydrogen-bond donors (Lipinski definition) is 0. The Labute approximate surface area is 325 Å². The minimum absolute atomic E-state index is 0.962. The Morgan fingerprint density at radius 1 is 0.268 bits per heavy atom. The van der Waals surface area contributed by atoms with Crippen molar-refractivity contribution in [1.82, 2.24) is 14.1 Å². The SMILES string of the molecule is c1ccc(-c2cccc(-c3cc(-c4cccc(-n5c6ccccc6c6ccccc65)c4)cc(-c4cccc(-n5c6ccccc6c6ccccc65)c4)c3)c2)nc1. The third-order valence-electron chi connectivity index (χ3n) is 11.1. The van der Waals surface area contributed by atoms with E-state index < -0.39 is 0 Å².